The van der Waals surface area contributed by atoms with Gasteiger partial charge in [-0.15, -0.1) is 0 Å². The van der Waals surface area contributed by atoms with Gasteiger partial charge in [0.25, 0.3) is 10.1 Å². The van der Waals surface area contributed by atoms with E-state index in [2.05, 4.69) is 4.90 Å². The maximum Gasteiger partial charge on any atom is 0.303 e. The highest BCUT2D eigenvalue weighted by Crippen LogP contribution is 2.51. The summed E-state index contributed by atoms with van der Waals surface area (Å²) in [6.07, 6.45) is 15.0. The van der Waals surface area contributed by atoms with Crippen LogP contribution in [0.2, 0.25) is 0 Å². The number of ether oxygens (including phenoxy) is 12. The minimum absolute atomic E-state index is 0.00748. The zero-order chi connectivity index (χ0) is 64.2. The second-order valence-electron chi connectivity index (χ2n) is 20.8. The van der Waals surface area contributed by atoms with E-state index in [0.717, 1.165) is 5.70 Å². The molecular formula is C60H91N2O23S3-. The van der Waals surface area contributed by atoms with E-state index in [1.807, 2.05) is 36.7 Å². The topological polar surface area (TPSA) is 323 Å². The fourth-order valence-electron chi connectivity index (χ4n) is 9.80. The van der Waals surface area contributed by atoms with Crippen LogP contribution in [0, 0.1) is 0 Å². The first-order chi connectivity index (χ1) is 42.2. The molecule has 2 unspecified atom stereocenters. The summed E-state index contributed by atoms with van der Waals surface area (Å²) in [6, 6.07) is 8.38. The predicted octanol–water partition coefficient (Wildman–Crippen LogP) is 5.34. The van der Waals surface area contributed by atoms with Crippen LogP contribution in [0.4, 0.5) is 11.4 Å². The van der Waals surface area contributed by atoms with E-state index < -0.39 is 57.8 Å². The van der Waals surface area contributed by atoms with Crippen molar-refractivity contribution in [3.63, 3.8) is 0 Å². The molecule has 0 saturated carbocycles. The van der Waals surface area contributed by atoms with Crippen LogP contribution in [0.5, 0.6) is 0 Å². The van der Waals surface area contributed by atoms with Gasteiger partial charge in [0.2, 0.25) is 5.69 Å². The third-order valence-electron chi connectivity index (χ3n) is 14.3. The average Bonchev–Trinajstić information content (AvgIpc) is 2.02. The van der Waals surface area contributed by atoms with Crippen LogP contribution in [-0.4, -0.2) is 239 Å². The Morgan fingerprint density at radius 1 is 0.534 bits per heavy atom. The Balaban J connectivity index is 1.50. The molecule has 2 aliphatic rings. The van der Waals surface area contributed by atoms with E-state index in [-0.39, 0.29) is 63.9 Å². The number of carboxylic acid groups (broad SMARTS) is 1. The van der Waals surface area contributed by atoms with E-state index in [9.17, 15) is 48.8 Å². The molecule has 0 fully saturated rings. The highest BCUT2D eigenvalue weighted by molar-refractivity contribution is 7.86. The summed E-state index contributed by atoms with van der Waals surface area (Å²) in [4.78, 5) is 12.6. The van der Waals surface area contributed by atoms with Crippen LogP contribution in [0.15, 0.2) is 94.4 Å². The van der Waals surface area contributed by atoms with Crippen molar-refractivity contribution in [3.8, 4) is 0 Å². The number of unbranched alkanes of at least 4 members (excludes halogenated alkanes) is 2. The highest BCUT2D eigenvalue weighted by Gasteiger charge is 2.48. The van der Waals surface area contributed by atoms with E-state index in [1.165, 1.54) is 30.3 Å². The van der Waals surface area contributed by atoms with Gasteiger partial charge in [0.05, 0.1) is 153 Å². The summed E-state index contributed by atoms with van der Waals surface area (Å²) in [7, 11) is -10.8. The number of aliphatic carboxylic acids is 1. The molecule has 2 aromatic carbocycles. The molecule has 0 spiro atoms. The van der Waals surface area contributed by atoms with E-state index >= 15 is 0 Å². The minimum Gasteiger partial charge on any atom is -0.744 e. The Hall–Kier alpha value is -4.41. The molecular weight excluding hydrogens is 1210 g/mol. The predicted molar refractivity (Wildman–Crippen MR) is 324 cm³/mol. The number of allylic oxidation sites excluding steroid dienone is 8. The molecule has 0 radical (unpaired) electrons. The summed E-state index contributed by atoms with van der Waals surface area (Å²) in [5.41, 5.74) is 1.95. The molecule has 0 bridgehead atoms. The molecule has 0 amide bonds. The van der Waals surface area contributed by atoms with Crippen molar-refractivity contribution in [2.45, 2.75) is 79.4 Å². The molecule has 0 aromatic heterocycles. The van der Waals surface area contributed by atoms with Gasteiger partial charge >= 0.3 is 5.97 Å². The second-order valence-corrected chi connectivity index (χ2v) is 25.1. The zero-order valence-corrected chi connectivity index (χ0v) is 53.7. The molecule has 2 heterocycles. The smallest absolute Gasteiger partial charge is 0.303 e. The number of fused-ring (bicyclic) bond motifs is 2. The molecule has 2 N–H and O–H groups in total. The first-order valence-corrected chi connectivity index (χ1v) is 33.9. The van der Waals surface area contributed by atoms with Gasteiger partial charge in [-0.3, -0.25) is 9.35 Å². The normalized spacial score (nSPS) is 17.7. The Morgan fingerprint density at radius 2 is 0.955 bits per heavy atom. The van der Waals surface area contributed by atoms with Gasteiger partial charge in [-0.25, -0.2) is 16.8 Å². The van der Waals surface area contributed by atoms with Gasteiger partial charge in [0.15, 0.2) is 5.71 Å². The first-order valence-electron chi connectivity index (χ1n) is 29.4. The third kappa shape index (κ3) is 27.6. The van der Waals surface area contributed by atoms with Crippen molar-refractivity contribution < 1.29 is 110 Å². The largest absolute Gasteiger partial charge is 0.744 e. The lowest BCUT2D eigenvalue weighted by Gasteiger charge is -2.30. The van der Waals surface area contributed by atoms with Crippen LogP contribution < -0.4 is 4.90 Å². The Bertz CT molecular complexity index is 2900. The monoisotopic (exact) mass is 1300 g/mol. The lowest BCUT2D eigenvalue weighted by Crippen LogP contribution is -2.33. The molecule has 88 heavy (non-hydrogen) atoms. The Labute approximate surface area is 519 Å². The number of benzene rings is 2. The summed E-state index contributed by atoms with van der Waals surface area (Å²) in [6.45, 7) is 12.7. The number of anilines is 1. The number of methoxy groups -OCH3 is 2. The highest BCUT2D eigenvalue weighted by atomic mass is 32.2. The van der Waals surface area contributed by atoms with E-state index in [4.69, 9.17) is 56.8 Å². The number of carbonyl (C=O) groups is 1. The van der Waals surface area contributed by atoms with Crippen LogP contribution in [-0.2, 0) is 103 Å². The van der Waals surface area contributed by atoms with Crippen molar-refractivity contribution in [1.29, 1.82) is 0 Å². The first kappa shape index (κ1) is 76.0. The van der Waals surface area contributed by atoms with Gasteiger partial charge in [-0.2, -0.15) is 13.0 Å². The van der Waals surface area contributed by atoms with Crippen LogP contribution in [0.25, 0.3) is 0 Å². The van der Waals surface area contributed by atoms with Gasteiger partial charge in [0.1, 0.15) is 26.8 Å². The van der Waals surface area contributed by atoms with E-state index in [0.29, 0.717) is 173 Å². The SMILES string of the molecule is COCCOCCOCCOCCOCCOCCC1(C)C(=CC=CC=CC=CC2=[N+](CCCS(=O)(=O)O)c3ccc(S(=O)(=O)[O-])cc3C2(C)CCOCCOCCOCCOCCOCCOC)N(CCCCCC(=O)O)c2ccc(S(=O)(=O)[O-])cc21. The third-order valence-corrected chi connectivity index (χ3v) is 16.8. The van der Waals surface area contributed by atoms with Crippen LogP contribution >= 0.6 is 0 Å². The summed E-state index contributed by atoms with van der Waals surface area (Å²) in [5, 5.41) is 9.28. The molecule has 4 rings (SSSR count). The van der Waals surface area contributed by atoms with Crippen molar-refractivity contribution in [3.05, 3.63) is 95.8 Å². The maximum absolute atomic E-state index is 12.4. The average molecular weight is 1300 g/mol. The standard InChI is InChI=1S/C60H92N2O23S3/c1-59(21-25-76-31-33-80-39-41-84-45-43-82-37-35-78-29-27-74-3)52-48-50(87(68,69)70)17-19-54(52)61(23-12-8-11-16-58(63)64)56(59)14-9-6-5-7-10-15-57-60(2,22-26-77-32-34-81-40-42-85-46-44-83-38-36-79-30-28-75-4)53-49-51(88(71,72)73)18-20-55(53)62(57)24-13-47-86(65,66)67/h5-7,9-10,14-15,17-20,48-49H,8,11-13,16,21-47H2,1-4H3,(H3-,63,64,65,66,67,68,69,70,71,72,73)/p-1. The summed E-state index contributed by atoms with van der Waals surface area (Å²) < 4.78 is 176. The van der Waals surface area contributed by atoms with Crippen LogP contribution in [0.3, 0.4) is 0 Å². The van der Waals surface area contributed by atoms with Gasteiger partial charge in [-0.05, 0) is 81.5 Å². The molecule has 2 aromatic rings. The van der Waals surface area contributed by atoms with E-state index in [1.54, 1.807) is 44.6 Å². The van der Waals surface area contributed by atoms with Crippen molar-refractivity contribution in [2.24, 2.45) is 0 Å². The molecule has 498 valence electrons. The zero-order valence-electron chi connectivity index (χ0n) is 51.2. The number of hydrogen-bond donors (Lipinski definition) is 2. The molecule has 28 heteroatoms. The Kier molecular flexibility index (Phi) is 35.6. The van der Waals surface area contributed by atoms with Gasteiger partial charge < -0.3 is 76.0 Å². The number of nitrogens with zero attached hydrogens (tertiary/aromatic N) is 2. The number of hydrogen-bond acceptors (Lipinski definition) is 22. The van der Waals surface area contributed by atoms with Crippen LogP contribution in [0.1, 0.15) is 69.9 Å². The fourth-order valence-corrected chi connectivity index (χ4v) is 11.3. The Morgan fingerprint density at radius 3 is 1.41 bits per heavy atom. The minimum atomic E-state index is -4.88. The quantitative estimate of drug-likeness (QED) is 0.0365. The van der Waals surface area contributed by atoms with Crippen molar-refractivity contribution in [1.82, 2.24) is 0 Å². The fraction of sp³-hybridized carbons (Fsp3) is 0.633. The van der Waals surface area contributed by atoms with Crippen molar-refractivity contribution in [2.75, 3.05) is 183 Å². The summed E-state index contributed by atoms with van der Waals surface area (Å²) >= 11 is 0. The molecule has 2 aliphatic heterocycles. The lowest BCUT2D eigenvalue weighted by molar-refractivity contribution is -0.437. The van der Waals surface area contributed by atoms with Gasteiger partial charge in [-0.1, -0.05) is 36.8 Å². The lowest BCUT2D eigenvalue weighted by atomic mass is 9.76. The molecule has 0 aliphatic carbocycles. The number of rotatable bonds is 52. The van der Waals surface area contributed by atoms with Gasteiger partial charge in [0, 0.05) is 81.3 Å². The second kappa shape index (κ2) is 41.1. The molecule has 2 atom stereocenters. The molecule has 0 saturated heterocycles. The summed E-state index contributed by atoms with van der Waals surface area (Å²) in [5.74, 6) is -1.43. The maximum atomic E-state index is 12.4. The molecule has 25 nitrogen and oxygen atoms in total. The number of carboxylic acids is 1. The van der Waals surface area contributed by atoms with Crippen molar-refractivity contribution >= 4 is 53.4 Å².